The van der Waals surface area contributed by atoms with E-state index in [4.69, 9.17) is 14.5 Å². The SMILES string of the molecule is CCOc1cc(-c2c(CC)cccc2CC)ncc1C(C1CCCCC1)N1CCOCC1. The Morgan fingerprint density at radius 3 is 2.34 bits per heavy atom. The summed E-state index contributed by atoms with van der Waals surface area (Å²) in [7, 11) is 0. The van der Waals surface area contributed by atoms with Gasteiger partial charge in [-0.3, -0.25) is 9.88 Å². The van der Waals surface area contributed by atoms with Crippen LogP contribution < -0.4 is 4.74 Å². The second kappa shape index (κ2) is 11.3. The molecule has 1 aliphatic heterocycles. The predicted octanol–water partition coefficient (Wildman–Crippen LogP) is 6.23. The van der Waals surface area contributed by atoms with Crippen molar-refractivity contribution < 1.29 is 9.47 Å². The van der Waals surface area contributed by atoms with Gasteiger partial charge in [0.1, 0.15) is 5.75 Å². The van der Waals surface area contributed by atoms with Crippen molar-refractivity contribution in [3.05, 3.63) is 47.2 Å². The molecule has 0 N–H and O–H groups in total. The highest BCUT2D eigenvalue weighted by atomic mass is 16.5. The first-order valence-electron chi connectivity index (χ1n) is 12.8. The van der Waals surface area contributed by atoms with Crippen LogP contribution in [0.2, 0.25) is 0 Å². The Balaban J connectivity index is 1.78. The van der Waals surface area contributed by atoms with E-state index in [2.05, 4.69) is 56.1 Å². The van der Waals surface area contributed by atoms with Gasteiger partial charge in [0.2, 0.25) is 0 Å². The number of benzene rings is 1. The van der Waals surface area contributed by atoms with Crippen LogP contribution in [0.3, 0.4) is 0 Å². The highest BCUT2D eigenvalue weighted by Crippen LogP contribution is 2.43. The van der Waals surface area contributed by atoms with E-state index in [0.717, 1.165) is 50.6 Å². The maximum absolute atomic E-state index is 6.31. The lowest BCUT2D eigenvalue weighted by molar-refractivity contribution is -0.00392. The average Bonchev–Trinajstić information content (AvgIpc) is 2.86. The van der Waals surface area contributed by atoms with Crippen molar-refractivity contribution in [2.45, 2.75) is 71.8 Å². The first kappa shape index (κ1) is 23.3. The molecule has 0 amide bonds. The minimum Gasteiger partial charge on any atom is -0.493 e. The van der Waals surface area contributed by atoms with Crippen molar-refractivity contribution in [2.24, 2.45) is 5.92 Å². The molecule has 1 aromatic carbocycles. The highest BCUT2D eigenvalue weighted by molar-refractivity contribution is 5.69. The maximum atomic E-state index is 6.31. The monoisotopic (exact) mass is 436 g/mol. The Morgan fingerprint density at radius 2 is 1.72 bits per heavy atom. The summed E-state index contributed by atoms with van der Waals surface area (Å²) in [6.07, 6.45) is 10.8. The summed E-state index contributed by atoms with van der Waals surface area (Å²) in [5.74, 6) is 1.69. The van der Waals surface area contributed by atoms with Crippen LogP contribution in [0.5, 0.6) is 5.75 Å². The molecule has 0 spiro atoms. The van der Waals surface area contributed by atoms with Crippen molar-refractivity contribution in [3.63, 3.8) is 0 Å². The van der Waals surface area contributed by atoms with E-state index in [1.54, 1.807) is 0 Å². The van der Waals surface area contributed by atoms with Crippen LogP contribution in [0.25, 0.3) is 11.3 Å². The summed E-state index contributed by atoms with van der Waals surface area (Å²) in [6, 6.07) is 9.25. The fourth-order valence-corrected chi connectivity index (χ4v) is 5.71. The number of pyridine rings is 1. The van der Waals surface area contributed by atoms with Gasteiger partial charge in [-0.05, 0) is 49.7 Å². The molecule has 1 atom stereocenters. The largest absolute Gasteiger partial charge is 0.493 e. The van der Waals surface area contributed by atoms with Crippen molar-refractivity contribution >= 4 is 0 Å². The molecule has 2 aromatic rings. The van der Waals surface area contributed by atoms with Crippen LogP contribution in [-0.2, 0) is 17.6 Å². The van der Waals surface area contributed by atoms with Gasteiger partial charge in [0.15, 0.2) is 0 Å². The molecule has 1 saturated carbocycles. The van der Waals surface area contributed by atoms with Gasteiger partial charge in [-0.1, -0.05) is 51.3 Å². The van der Waals surface area contributed by atoms with Crippen LogP contribution in [0.4, 0.5) is 0 Å². The molecular formula is C28H40N2O2. The predicted molar refractivity (Wildman–Crippen MR) is 131 cm³/mol. The molecule has 4 rings (SSSR count). The normalized spacial score (nSPS) is 19.1. The third-order valence-corrected chi connectivity index (χ3v) is 7.30. The van der Waals surface area contributed by atoms with Crippen molar-refractivity contribution in [1.82, 2.24) is 9.88 Å². The van der Waals surface area contributed by atoms with Gasteiger partial charge in [0, 0.05) is 42.5 Å². The molecule has 32 heavy (non-hydrogen) atoms. The lowest BCUT2D eigenvalue weighted by atomic mass is 9.80. The molecule has 4 heteroatoms. The number of morpholine rings is 1. The molecule has 1 aliphatic carbocycles. The van der Waals surface area contributed by atoms with E-state index >= 15 is 0 Å². The van der Waals surface area contributed by atoms with E-state index in [1.165, 1.54) is 54.4 Å². The second-order valence-electron chi connectivity index (χ2n) is 9.19. The molecular weight excluding hydrogens is 396 g/mol. The van der Waals surface area contributed by atoms with Crippen LogP contribution in [-0.4, -0.2) is 42.8 Å². The zero-order valence-corrected chi connectivity index (χ0v) is 20.2. The third kappa shape index (κ3) is 5.02. The fraction of sp³-hybridized carbons (Fsp3) is 0.607. The summed E-state index contributed by atoms with van der Waals surface area (Å²) < 4.78 is 12.0. The number of hydrogen-bond acceptors (Lipinski definition) is 4. The third-order valence-electron chi connectivity index (χ3n) is 7.30. The number of ether oxygens (including phenoxy) is 2. The number of hydrogen-bond donors (Lipinski definition) is 0. The van der Waals surface area contributed by atoms with Gasteiger partial charge in [-0.2, -0.15) is 0 Å². The summed E-state index contributed by atoms with van der Waals surface area (Å²) in [5, 5.41) is 0. The Hall–Kier alpha value is -1.91. The maximum Gasteiger partial charge on any atom is 0.127 e. The zero-order valence-electron chi connectivity index (χ0n) is 20.2. The summed E-state index contributed by atoms with van der Waals surface area (Å²) in [6.45, 7) is 10.9. The minimum absolute atomic E-state index is 0.370. The first-order chi connectivity index (χ1) is 15.8. The molecule has 0 bridgehead atoms. The highest BCUT2D eigenvalue weighted by Gasteiger charge is 2.33. The molecule has 2 fully saturated rings. The molecule has 0 radical (unpaired) electrons. The van der Waals surface area contributed by atoms with Gasteiger partial charge in [0.05, 0.1) is 25.5 Å². The van der Waals surface area contributed by atoms with Crippen LogP contribution in [0, 0.1) is 5.92 Å². The van der Waals surface area contributed by atoms with Crippen LogP contribution >= 0.6 is 0 Å². The lowest BCUT2D eigenvalue weighted by Crippen LogP contribution is -2.42. The Labute approximate surface area is 194 Å². The first-order valence-corrected chi connectivity index (χ1v) is 12.8. The Morgan fingerprint density at radius 1 is 1.03 bits per heavy atom. The molecule has 1 aromatic heterocycles. The number of aryl methyl sites for hydroxylation is 2. The van der Waals surface area contributed by atoms with Gasteiger partial charge in [0.25, 0.3) is 0 Å². The molecule has 4 nitrogen and oxygen atoms in total. The Bertz CT molecular complexity index is 829. The molecule has 1 unspecified atom stereocenters. The van der Waals surface area contributed by atoms with E-state index in [1.807, 2.05) is 0 Å². The lowest BCUT2D eigenvalue weighted by Gasteiger charge is -2.41. The topological polar surface area (TPSA) is 34.6 Å². The minimum atomic E-state index is 0.370. The molecule has 2 heterocycles. The van der Waals surface area contributed by atoms with Gasteiger partial charge < -0.3 is 9.47 Å². The van der Waals surface area contributed by atoms with Gasteiger partial charge in [-0.15, -0.1) is 0 Å². The summed E-state index contributed by atoms with van der Waals surface area (Å²) in [4.78, 5) is 7.72. The van der Waals surface area contributed by atoms with Crippen LogP contribution in [0.1, 0.15) is 75.6 Å². The molecule has 1 saturated heterocycles. The van der Waals surface area contributed by atoms with E-state index < -0.39 is 0 Å². The quantitative estimate of drug-likeness (QED) is 0.492. The van der Waals surface area contributed by atoms with E-state index in [0.29, 0.717) is 18.6 Å². The van der Waals surface area contributed by atoms with Gasteiger partial charge in [-0.25, -0.2) is 0 Å². The summed E-state index contributed by atoms with van der Waals surface area (Å²) >= 11 is 0. The fourth-order valence-electron chi connectivity index (χ4n) is 5.71. The summed E-state index contributed by atoms with van der Waals surface area (Å²) in [5.41, 5.74) is 6.35. The number of rotatable bonds is 8. The molecule has 2 aliphatic rings. The van der Waals surface area contributed by atoms with Crippen molar-refractivity contribution in [2.75, 3.05) is 32.9 Å². The zero-order chi connectivity index (χ0) is 22.3. The van der Waals surface area contributed by atoms with E-state index in [-0.39, 0.29) is 0 Å². The smallest absolute Gasteiger partial charge is 0.127 e. The van der Waals surface area contributed by atoms with Gasteiger partial charge >= 0.3 is 0 Å². The van der Waals surface area contributed by atoms with Crippen LogP contribution in [0.15, 0.2) is 30.5 Å². The van der Waals surface area contributed by atoms with Crippen molar-refractivity contribution in [3.8, 4) is 17.0 Å². The average molecular weight is 437 g/mol. The Kier molecular flexibility index (Phi) is 8.20. The standard InChI is InChI=1S/C28H40N2O2/c1-4-21-13-10-14-22(5-2)27(21)25-19-26(32-6-3)24(20-29-25)28(23-11-8-7-9-12-23)30-15-17-31-18-16-30/h10,13-14,19-20,23,28H,4-9,11-12,15-18H2,1-3H3. The number of nitrogens with zero attached hydrogens (tertiary/aromatic N) is 2. The van der Waals surface area contributed by atoms with E-state index in [9.17, 15) is 0 Å². The number of aromatic nitrogens is 1. The molecule has 174 valence electrons. The second-order valence-corrected chi connectivity index (χ2v) is 9.19. The van der Waals surface area contributed by atoms with Crippen molar-refractivity contribution in [1.29, 1.82) is 0 Å².